The Morgan fingerprint density at radius 2 is 0.852 bits per heavy atom. The Bertz CT molecular complexity index is 322. The Hall–Kier alpha value is -0.790. The molecule has 0 fully saturated rings. The van der Waals surface area contributed by atoms with Gasteiger partial charge in [0.25, 0.3) is 0 Å². The monoisotopic (exact) mass is 380 g/mol. The first-order valence-electron chi connectivity index (χ1n) is 12.2. The lowest BCUT2D eigenvalue weighted by molar-refractivity contribution is -0.131. The van der Waals surface area contributed by atoms with Gasteiger partial charge in [-0.15, -0.1) is 0 Å². The molecule has 0 aliphatic heterocycles. The van der Waals surface area contributed by atoms with E-state index < -0.39 is 5.97 Å². The van der Waals surface area contributed by atoms with Crippen LogP contribution in [-0.2, 0) is 4.79 Å². The number of carboxylic acid groups (broad SMARTS) is 1. The second-order valence-electron chi connectivity index (χ2n) is 8.25. The molecule has 0 aliphatic carbocycles. The van der Waals surface area contributed by atoms with Crippen molar-refractivity contribution in [3.05, 3.63) is 12.2 Å². The molecule has 0 aromatic heterocycles. The van der Waals surface area contributed by atoms with E-state index >= 15 is 0 Å². The maximum Gasteiger partial charge on any atom is 0.327 e. The number of allylic oxidation sites excluding steroid dienone is 1. The predicted octanol–water partition coefficient (Wildman–Crippen LogP) is 8.84. The van der Waals surface area contributed by atoms with Crippen molar-refractivity contribution in [2.75, 3.05) is 0 Å². The highest BCUT2D eigenvalue weighted by atomic mass is 16.4. The summed E-state index contributed by atoms with van der Waals surface area (Å²) in [6.07, 6.45) is 31.9. The maximum atomic E-state index is 10.3. The number of carbonyl (C=O) groups is 1. The second kappa shape index (κ2) is 23.2. The highest BCUT2D eigenvalue weighted by Gasteiger charge is 1.95. The van der Waals surface area contributed by atoms with Gasteiger partial charge in [-0.1, -0.05) is 135 Å². The van der Waals surface area contributed by atoms with Gasteiger partial charge in [0.05, 0.1) is 0 Å². The topological polar surface area (TPSA) is 37.3 Å². The average molecular weight is 381 g/mol. The molecule has 0 radical (unpaired) electrons. The van der Waals surface area contributed by atoms with E-state index in [1.54, 1.807) is 6.08 Å². The number of hydrogen-bond acceptors (Lipinski definition) is 1. The number of aliphatic carboxylic acids is 1. The number of unbranched alkanes of at least 4 members (excludes halogenated alkanes) is 20. The molecule has 0 unspecified atom stereocenters. The number of rotatable bonds is 22. The summed E-state index contributed by atoms with van der Waals surface area (Å²) >= 11 is 0. The molecule has 0 rings (SSSR count). The SMILES string of the molecule is CCCCCCCCCCCCCCCCCCCCCC/C=C/C(=O)O. The predicted molar refractivity (Wildman–Crippen MR) is 119 cm³/mol. The van der Waals surface area contributed by atoms with Gasteiger partial charge in [0.15, 0.2) is 0 Å². The van der Waals surface area contributed by atoms with Crippen LogP contribution in [0.3, 0.4) is 0 Å². The van der Waals surface area contributed by atoms with E-state index in [0.717, 1.165) is 12.8 Å². The molecular weight excluding hydrogens is 332 g/mol. The third kappa shape index (κ3) is 25.2. The van der Waals surface area contributed by atoms with Gasteiger partial charge in [-0.05, 0) is 12.8 Å². The van der Waals surface area contributed by atoms with Crippen molar-refractivity contribution in [2.24, 2.45) is 0 Å². The van der Waals surface area contributed by atoms with E-state index in [4.69, 9.17) is 5.11 Å². The minimum atomic E-state index is -0.830. The van der Waals surface area contributed by atoms with Crippen LogP contribution in [0, 0.1) is 0 Å². The lowest BCUT2D eigenvalue weighted by Crippen LogP contribution is -1.86. The van der Waals surface area contributed by atoms with Crippen molar-refractivity contribution in [3.8, 4) is 0 Å². The quantitative estimate of drug-likeness (QED) is 0.150. The van der Waals surface area contributed by atoms with Gasteiger partial charge in [0.2, 0.25) is 0 Å². The Kier molecular flexibility index (Phi) is 22.6. The molecule has 2 heteroatoms. The molecule has 0 spiro atoms. The molecule has 0 saturated heterocycles. The first-order valence-corrected chi connectivity index (χ1v) is 12.2. The van der Waals surface area contributed by atoms with Crippen LogP contribution in [0.4, 0.5) is 0 Å². The maximum absolute atomic E-state index is 10.3. The third-order valence-electron chi connectivity index (χ3n) is 5.48. The van der Waals surface area contributed by atoms with Gasteiger partial charge in [-0.3, -0.25) is 0 Å². The first-order chi connectivity index (χ1) is 13.3. The van der Waals surface area contributed by atoms with Crippen molar-refractivity contribution < 1.29 is 9.90 Å². The summed E-state index contributed by atoms with van der Waals surface area (Å²) in [6.45, 7) is 2.29. The lowest BCUT2D eigenvalue weighted by atomic mass is 10.0. The first kappa shape index (κ1) is 26.2. The fourth-order valence-corrected chi connectivity index (χ4v) is 3.70. The van der Waals surface area contributed by atoms with Gasteiger partial charge in [-0.25, -0.2) is 4.79 Å². The Balaban J connectivity index is 3.02. The van der Waals surface area contributed by atoms with Crippen LogP contribution in [0.1, 0.15) is 142 Å². The van der Waals surface area contributed by atoms with Crippen molar-refractivity contribution in [1.29, 1.82) is 0 Å². The highest BCUT2D eigenvalue weighted by Crippen LogP contribution is 2.15. The molecule has 0 heterocycles. The summed E-state index contributed by atoms with van der Waals surface area (Å²) in [5.74, 6) is -0.830. The summed E-state index contributed by atoms with van der Waals surface area (Å²) in [5, 5.41) is 8.49. The summed E-state index contributed by atoms with van der Waals surface area (Å²) in [4.78, 5) is 10.3. The number of hydrogen-bond donors (Lipinski definition) is 1. The fraction of sp³-hybridized carbons (Fsp3) is 0.880. The van der Waals surface area contributed by atoms with Crippen LogP contribution >= 0.6 is 0 Å². The Morgan fingerprint density at radius 1 is 0.556 bits per heavy atom. The molecule has 0 aliphatic rings. The van der Waals surface area contributed by atoms with Gasteiger partial charge < -0.3 is 5.11 Å². The minimum absolute atomic E-state index is 0.830. The molecule has 0 atom stereocenters. The van der Waals surface area contributed by atoms with Crippen molar-refractivity contribution >= 4 is 5.97 Å². The molecule has 0 saturated carbocycles. The number of carboxylic acids is 1. The third-order valence-corrected chi connectivity index (χ3v) is 5.48. The van der Waals surface area contributed by atoms with Crippen molar-refractivity contribution in [1.82, 2.24) is 0 Å². The average Bonchev–Trinajstić information content (AvgIpc) is 2.65. The summed E-state index contributed by atoms with van der Waals surface area (Å²) in [7, 11) is 0. The van der Waals surface area contributed by atoms with E-state index in [2.05, 4.69) is 6.92 Å². The van der Waals surface area contributed by atoms with Crippen LogP contribution in [-0.4, -0.2) is 11.1 Å². The largest absolute Gasteiger partial charge is 0.478 e. The van der Waals surface area contributed by atoms with Crippen molar-refractivity contribution in [2.45, 2.75) is 142 Å². The molecule has 0 amide bonds. The molecule has 0 aromatic rings. The van der Waals surface area contributed by atoms with E-state index in [9.17, 15) is 4.79 Å². The summed E-state index contributed by atoms with van der Waals surface area (Å²) in [6, 6.07) is 0. The zero-order chi connectivity index (χ0) is 19.8. The summed E-state index contributed by atoms with van der Waals surface area (Å²) < 4.78 is 0. The van der Waals surface area contributed by atoms with Gasteiger partial charge in [0.1, 0.15) is 0 Å². The lowest BCUT2D eigenvalue weighted by Gasteiger charge is -2.04. The van der Waals surface area contributed by atoms with Gasteiger partial charge in [-0.2, -0.15) is 0 Å². The van der Waals surface area contributed by atoms with E-state index in [-0.39, 0.29) is 0 Å². The Morgan fingerprint density at radius 3 is 1.15 bits per heavy atom. The van der Waals surface area contributed by atoms with E-state index in [1.165, 1.54) is 128 Å². The van der Waals surface area contributed by atoms with Crippen LogP contribution < -0.4 is 0 Å². The molecule has 0 aromatic carbocycles. The van der Waals surface area contributed by atoms with Gasteiger partial charge >= 0.3 is 5.97 Å². The molecule has 27 heavy (non-hydrogen) atoms. The van der Waals surface area contributed by atoms with Crippen LogP contribution in [0.2, 0.25) is 0 Å². The zero-order valence-corrected chi connectivity index (χ0v) is 18.4. The van der Waals surface area contributed by atoms with Gasteiger partial charge in [0, 0.05) is 6.08 Å². The van der Waals surface area contributed by atoms with Crippen LogP contribution in [0.5, 0.6) is 0 Å². The molecular formula is C25H48O2. The van der Waals surface area contributed by atoms with E-state index in [0.29, 0.717) is 0 Å². The van der Waals surface area contributed by atoms with Crippen LogP contribution in [0.15, 0.2) is 12.2 Å². The zero-order valence-electron chi connectivity index (χ0n) is 18.4. The fourth-order valence-electron chi connectivity index (χ4n) is 3.70. The minimum Gasteiger partial charge on any atom is -0.478 e. The summed E-state index contributed by atoms with van der Waals surface area (Å²) in [5.41, 5.74) is 0. The van der Waals surface area contributed by atoms with Crippen LogP contribution in [0.25, 0.3) is 0 Å². The molecule has 2 nitrogen and oxygen atoms in total. The highest BCUT2D eigenvalue weighted by molar-refractivity contribution is 5.79. The molecule has 160 valence electrons. The van der Waals surface area contributed by atoms with Crippen molar-refractivity contribution in [3.63, 3.8) is 0 Å². The molecule has 1 N–H and O–H groups in total. The second-order valence-corrected chi connectivity index (χ2v) is 8.25. The Labute approximate surface area is 170 Å². The normalized spacial score (nSPS) is 11.4. The van der Waals surface area contributed by atoms with E-state index in [1.807, 2.05) is 0 Å². The standard InChI is InChI=1S/C25H48O2/c1-2-3-4-5-6-7-8-9-10-11-12-13-14-15-16-17-18-19-20-21-22-23-24-25(26)27/h23-24H,2-22H2,1H3,(H,26,27)/b24-23+. The molecule has 0 bridgehead atoms. The smallest absolute Gasteiger partial charge is 0.327 e.